The first-order chi connectivity index (χ1) is 19.0. The maximum Gasteiger partial charge on any atom is 0.220 e. The van der Waals surface area contributed by atoms with E-state index in [1.807, 2.05) is 12.1 Å². The number of carbonyl (C=O) groups is 2. The van der Waals surface area contributed by atoms with E-state index >= 15 is 0 Å². The minimum Gasteiger partial charge on any atom is -0.355 e. The Morgan fingerprint density at radius 2 is 1.05 bits per heavy atom. The predicted molar refractivity (Wildman–Crippen MR) is 152 cm³/mol. The fraction of sp³-hybridized carbons (Fsp3) is 0.562. The summed E-state index contributed by atoms with van der Waals surface area (Å²) in [6.45, 7) is 5.76. The highest BCUT2D eigenvalue weighted by atomic mass is 19.1. The highest BCUT2D eigenvalue weighted by Gasteiger charge is 2.44. The van der Waals surface area contributed by atoms with Gasteiger partial charge in [0.15, 0.2) is 0 Å². The third-order valence-corrected chi connectivity index (χ3v) is 9.81. The lowest BCUT2D eigenvalue weighted by atomic mass is 9.63. The van der Waals surface area contributed by atoms with Crippen LogP contribution in [-0.4, -0.2) is 51.1 Å². The van der Waals surface area contributed by atoms with Crippen molar-refractivity contribution in [1.29, 1.82) is 0 Å². The first-order valence-corrected chi connectivity index (χ1v) is 14.8. The predicted octanol–water partition coefficient (Wildman–Crippen LogP) is 3.81. The summed E-state index contributed by atoms with van der Waals surface area (Å²) in [6.07, 6.45) is 7.76. The number of hydrogen-bond donors (Lipinski definition) is 4. The number of rotatable bonds is 4. The van der Waals surface area contributed by atoms with Crippen LogP contribution in [-0.2, 0) is 20.4 Å². The lowest BCUT2D eigenvalue weighted by Crippen LogP contribution is -2.52. The molecular weight excluding hydrogens is 491 g/mol. The Bertz CT molecular complexity index is 1070. The Kier molecular flexibility index (Phi) is 8.98. The van der Waals surface area contributed by atoms with Crippen molar-refractivity contribution in [3.8, 4) is 0 Å². The van der Waals surface area contributed by atoms with Crippen LogP contribution in [0.3, 0.4) is 0 Å². The average molecular weight is 535 g/mol. The maximum atomic E-state index is 13.2. The second kappa shape index (κ2) is 12.6. The third-order valence-electron chi connectivity index (χ3n) is 9.81. The monoisotopic (exact) mass is 534 g/mol. The molecule has 4 aliphatic rings. The van der Waals surface area contributed by atoms with E-state index in [0.717, 1.165) is 58.4 Å². The van der Waals surface area contributed by atoms with Gasteiger partial charge in [0.05, 0.1) is 0 Å². The molecule has 2 amide bonds. The number of halogens is 1. The van der Waals surface area contributed by atoms with Crippen LogP contribution in [0.1, 0.15) is 62.5 Å². The zero-order chi connectivity index (χ0) is 27.1. The number of nitrogens with one attached hydrogen (secondary N) is 4. The molecule has 0 spiro atoms. The second-order valence-electron chi connectivity index (χ2n) is 11.8. The summed E-state index contributed by atoms with van der Waals surface area (Å²) in [6, 6.07) is 17.6. The van der Waals surface area contributed by atoms with Gasteiger partial charge in [-0.3, -0.25) is 9.59 Å². The summed E-state index contributed by atoms with van der Waals surface area (Å²) in [5.41, 5.74) is 2.70. The molecule has 4 N–H and O–H groups in total. The van der Waals surface area contributed by atoms with Gasteiger partial charge >= 0.3 is 0 Å². The van der Waals surface area contributed by atoms with Crippen molar-refractivity contribution >= 4 is 11.8 Å². The zero-order valence-corrected chi connectivity index (χ0v) is 22.9. The average Bonchev–Trinajstić information content (AvgIpc) is 3.00. The molecule has 4 saturated heterocycles. The minimum atomic E-state index is -0.200. The van der Waals surface area contributed by atoms with Crippen LogP contribution in [0.25, 0.3) is 0 Å². The molecule has 4 fully saturated rings. The summed E-state index contributed by atoms with van der Waals surface area (Å²) in [7, 11) is 0. The van der Waals surface area contributed by atoms with Crippen LogP contribution in [0.2, 0.25) is 0 Å². The van der Waals surface area contributed by atoms with Crippen molar-refractivity contribution < 1.29 is 14.0 Å². The Balaban J connectivity index is 0.000000158. The molecule has 4 aliphatic heterocycles. The van der Waals surface area contributed by atoms with Gasteiger partial charge < -0.3 is 21.3 Å². The number of piperidine rings is 4. The smallest absolute Gasteiger partial charge is 0.220 e. The Labute approximate surface area is 231 Å². The molecule has 0 saturated carbocycles. The van der Waals surface area contributed by atoms with Crippen molar-refractivity contribution in [3.63, 3.8) is 0 Å². The van der Waals surface area contributed by atoms with E-state index in [9.17, 15) is 14.0 Å². The molecule has 2 unspecified atom stereocenters. The van der Waals surface area contributed by atoms with Gasteiger partial charge in [-0.1, -0.05) is 42.5 Å². The summed E-state index contributed by atoms with van der Waals surface area (Å²) >= 11 is 0. The van der Waals surface area contributed by atoms with Crippen LogP contribution in [0.5, 0.6) is 0 Å². The molecule has 6 rings (SSSR count). The summed E-state index contributed by atoms with van der Waals surface area (Å²) in [5, 5.41) is 13.0. The molecule has 0 bridgehead atoms. The minimum absolute atomic E-state index is 0.0241. The molecule has 4 heterocycles. The van der Waals surface area contributed by atoms with Gasteiger partial charge in [0.1, 0.15) is 5.82 Å². The van der Waals surface area contributed by atoms with Gasteiger partial charge in [0.2, 0.25) is 11.8 Å². The highest BCUT2D eigenvalue weighted by molar-refractivity contribution is 5.77. The van der Waals surface area contributed by atoms with Gasteiger partial charge in [0, 0.05) is 36.8 Å². The fourth-order valence-electron chi connectivity index (χ4n) is 7.50. The molecule has 0 aromatic heterocycles. The summed E-state index contributed by atoms with van der Waals surface area (Å²) < 4.78 is 13.2. The zero-order valence-electron chi connectivity index (χ0n) is 22.9. The first-order valence-electron chi connectivity index (χ1n) is 14.8. The van der Waals surface area contributed by atoms with Gasteiger partial charge in [-0.2, -0.15) is 0 Å². The quantitative estimate of drug-likeness (QED) is 0.481. The molecule has 39 heavy (non-hydrogen) atoms. The topological polar surface area (TPSA) is 82.3 Å². The van der Waals surface area contributed by atoms with Gasteiger partial charge in [-0.05, 0) is 99.8 Å². The largest absolute Gasteiger partial charge is 0.355 e. The molecule has 0 aliphatic carbocycles. The van der Waals surface area contributed by atoms with Crippen LogP contribution in [0.4, 0.5) is 4.39 Å². The van der Waals surface area contributed by atoms with Gasteiger partial charge in [0.25, 0.3) is 0 Å². The van der Waals surface area contributed by atoms with E-state index in [-0.39, 0.29) is 28.5 Å². The van der Waals surface area contributed by atoms with Crippen molar-refractivity contribution in [2.75, 3.05) is 39.3 Å². The van der Waals surface area contributed by atoms with Crippen molar-refractivity contribution in [3.05, 3.63) is 71.5 Å². The Morgan fingerprint density at radius 1 is 0.615 bits per heavy atom. The maximum absolute atomic E-state index is 13.2. The van der Waals surface area contributed by atoms with Crippen LogP contribution < -0.4 is 21.3 Å². The number of carbonyl (C=O) groups excluding carboxylic acids is 2. The molecule has 2 atom stereocenters. The van der Waals surface area contributed by atoms with Crippen molar-refractivity contribution in [2.24, 2.45) is 11.8 Å². The number of amides is 2. The number of hydrogen-bond acceptors (Lipinski definition) is 4. The van der Waals surface area contributed by atoms with Crippen LogP contribution in [0, 0.1) is 17.7 Å². The Hall–Kier alpha value is -2.77. The molecular formula is C32H43FN4O2. The van der Waals surface area contributed by atoms with Crippen LogP contribution >= 0.6 is 0 Å². The summed E-state index contributed by atoms with van der Waals surface area (Å²) in [5.74, 6) is 1.37. The molecule has 6 nitrogen and oxygen atoms in total. The van der Waals surface area contributed by atoms with Gasteiger partial charge in [-0.15, -0.1) is 0 Å². The lowest BCUT2D eigenvalue weighted by Gasteiger charge is -2.46. The molecule has 2 aromatic rings. The van der Waals surface area contributed by atoms with E-state index in [0.29, 0.717) is 31.2 Å². The molecule has 0 radical (unpaired) electrons. The second-order valence-corrected chi connectivity index (χ2v) is 11.8. The molecule has 7 heteroatoms. The first kappa shape index (κ1) is 27.8. The van der Waals surface area contributed by atoms with Gasteiger partial charge in [-0.25, -0.2) is 4.39 Å². The number of benzene rings is 2. The third kappa shape index (κ3) is 6.20. The molecule has 2 aromatic carbocycles. The summed E-state index contributed by atoms with van der Waals surface area (Å²) in [4.78, 5) is 23.1. The van der Waals surface area contributed by atoms with E-state index in [2.05, 4.69) is 51.6 Å². The van der Waals surface area contributed by atoms with E-state index in [1.165, 1.54) is 36.1 Å². The van der Waals surface area contributed by atoms with E-state index in [1.54, 1.807) is 0 Å². The standard InChI is InChI=1S/C16H21FN2O.C16H22N2O/c17-14-3-1-12(2-4-14)16(8-5-15(20)19-11-16)13-6-9-18-10-7-13;19-15-6-9-16(12-18-15,13-4-2-1-3-5-13)14-7-10-17-11-8-14/h1-4,13,18H,5-11H2,(H,19,20);1-5,14,17H,6-12H2,(H,18,19). The highest BCUT2D eigenvalue weighted by Crippen LogP contribution is 2.43. The normalized spacial score (nSPS) is 28.5. The molecule has 210 valence electrons. The SMILES string of the molecule is O=C1CCC(c2ccc(F)cc2)(C2CCNCC2)CN1.O=C1CCC(c2ccccc2)(C2CCNCC2)CN1. The van der Waals surface area contributed by atoms with E-state index in [4.69, 9.17) is 0 Å². The van der Waals surface area contributed by atoms with Crippen molar-refractivity contribution in [1.82, 2.24) is 21.3 Å². The Morgan fingerprint density at radius 3 is 1.46 bits per heavy atom. The lowest BCUT2D eigenvalue weighted by molar-refractivity contribution is -0.124. The van der Waals surface area contributed by atoms with Crippen LogP contribution in [0.15, 0.2) is 54.6 Å². The van der Waals surface area contributed by atoms with E-state index < -0.39 is 0 Å². The van der Waals surface area contributed by atoms with Crippen molar-refractivity contribution in [2.45, 2.75) is 62.2 Å². The fourth-order valence-corrected chi connectivity index (χ4v) is 7.50.